The third kappa shape index (κ3) is 2.53. The van der Waals surface area contributed by atoms with Gasteiger partial charge in [0.15, 0.2) is 0 Å². The second kappa shape index (κ2) is 5.92. The highest BCUT2D eigenvalue weighted by molar-refractivity contribution is 9.10. The Morgan fingerprint density at radius 3 is 2.57 bits per heavy atom. The molecule has 0 saturated heterocycles. The van der Waals surface area contributed by atoms with Gasteiger partial charge in [0.25, 0.3) is 0 Å². The Bertz CT molecular complexity index is 543. The second-order valence-corrected chi connectivity index (χ2v) is 7.71. The van der Waals surface area contributed by atoms with Crippen LogP contribution in [-0.4, -0.2) is 14.2 Å². The summed E-state index contributed by atoms with van der Waals surface area (Å²) < 4.78 is 6.97. The average Bonchev–Trinajstić information content (AvgIpc) is 3.08. The molecular weight excluding hydrogens is 326 g/mol. The van der Waals surface area contributed by atoms with Gasteiger partial charge >= 0.3 is 0 Å². The van der Waals surface area contributed by atoms with Crippen molar-refractivity contribution in [3.05, 3.63) is 27.2 Å². The summed E-state index contributed by atoms with van der Waals surface area (Å²) >= 11 is 3.72. The van der Waals surface area contributed by atoms with Gasteiger partial charge in [-0.3, -0.25) is 0 Å². The van der Waals surface area contributed by atoms with Gasteiger partial charge in [0.1, 0.15) is 5.75 Å². The Balaban J connectivity index is 2.04. The lowest BCUT2D eigenvalue weighted by molar-refractivity contribution is 0.253. The molecule has 0 spiro atoms. The maximum Gasteiger partial charge on any atom is 0.126 e. The minimum absolute atomic E-state index is 0.409. The van der Waals surface area contributed by atoms with Crippen LogP contribution in [0.15, 0.2) is 10.5 Å². The lowest BCUT2D eigenvalue weighted by Crippen LogP contribution is -2.30. The number of nitrogens with one attached hydrogen (secondary N) is 1. The number of ether oxygens (including phenoxy) is 1. The Hall–Kier alpha value is -0.540. The molecule has 116 valence electrons. The van der Waals surface area contributed by atoms with Crippen LogP contribution in [0.2, 0.25) is 0 Å². The first-order valence-corrected chi connectivity index (χ1v) is 8.87. The smallest absolute Gasteiger partial charge is 0.126 e. The summed E-state index contributed by atoms with van der Waals surface area (Å²) in [6, 6.07) is 2.58. The molecule has 4 atom stereocenters. The van der Waals surface area contributed by atoms with Gasteiger partial charge in [-0.25, -0.2) is 0 Å². The Kier molecular flexibility index (Phi) is 4.33. The zero-order chi connectivity index (χ0) is 15.1. The van der Waals surface area contributed by atoms with Gasteiger partial charge < -0.3 is 10.1 Å². The van der Waals surface area contributed by atoms with Gasteiger partial charge in [-0.15, -0.1) is 0 Å². The molecule has 0 aliphatic heterocycles. The van der Waals surface area contributed by atoms with Crippen LogP contribution in [-0.2, 0) is 0 Å². The van der Waals surface area contributed by atoms with E-state index in [0.717, 1.165) is 23.5 Å². The number of methoxy groups -OCH3 is 1. The molecule has 4 unspecified atom stereocenters. The molecule has 0 radical (unpaired) electrons. The molecule has 1 aromatic rings. The van der Waals surface area contributed by atoms with Crippen molar-refractivity contribution in [2.24, 2.45) is 17.8 Å². The van der Waals surface area contributed by atoms with E-state index in [0.29, 0.717) is 6.04 Å². The fourth-order valence-corrected chi connectivity index (χ4v) is 5.35. The lowest BCUT2D eigenvalue weighted by Gasteiger charge is -2.33. The van der Waals surface area contributed by atoms with Crippen molar-refractivity contribution in [3.8, 4) is 5.75 Å². The van der Waals surface area contributed by atoms with E-state index in [9.17, 15) is 0 Å². The summed E-state index contributed by atoms with van der Waals surface area (Å²) in [7, 11) is 3.90. The van der Waals surface area contributed by atoms with Crippen molar-refractivity contribution in [2.75, 3.05) is 14.2 Å². The Labute approximate surface area is 136 Å². The number of halogens is 1. The predicted octanol–water partition coefficient (Wildman–Crippen LogP) is 4.77. The third-order valence-corrected chi connectivity index (χ3v) is 6.58. The van der Waals surface area contributed by atoms with Crippen LogP contribution in [0.5, 0.6) is 5.75 Å². The summed E-state index contributed by atoms with van der Waals surface area (Å²) in [6.07, 6.45) is 5.69. The average molecular weight is 352 g/mol. The van der Waals surface area contributed by atoms with Gasteiger partial charge in [0.05, 0.1) is 7.11 Å². The lowest BCUT2D eigenvalue weighted by atomic mass is 9.79. The summed E-state index contributed by atoms with van der Waals surface area (Å²) in [5, 5.41) is 3.61. The highest BCUT2D eigenvalue weighted by atomic mass is 79.9. The number of hydrogen-bond acceptors (Lipinski definition) is 2. The largest absolute Gasteiger partial charge is 0.496 e. The normalized spacial score (nSPS) is 28.9. The van der Waals surface area contributed by atoms with E-state index in [1.54, 1.807) is 7.11 Å². The number of fused-ring (bicyclic) bond motifs is 2. The molecule has 1 N–H and O–H groups in total. The van der Waals surface area contributed by atoms with E-state index < -0.39 is 0 Å². The molecule has 3 heteroatoms. The number of benzene rings is 1. The molecule has 21 heavy (non-hydrogen) atoms. The standard InChI is InChI=1S/C18H26BrNO/c1-10-7-15(19)11(2)16(18(10)21-4)17(20-3)14-9-12-5-6-13(14)8-12/h7,12-14,17,20H,5-6,8-9H2,1-4H3. The van der Waals surface area contributed by atoms with Gasteiger partial charge in [-0.05, 0) is 75.1 Å². The topological polar surface area (TPSA) is 21.3 Å². The van der Waals surface area contributed by atoms with Crippen LogP contribution in [0.1, 0.15) is 48.4 Å². The van der Waals surface area contributed by atoms with Crippen LogP contribution >= 0.6 is 15.9 Å². The van der Waals surface area contributed by atoms with Crippen molar-refractivity contribution < 1.29 is 4.74 Å². The molecule has 0 heterocycles. The molecular formula is C18H26BrNO. The molecule has 2 aliphatic carbocycles. The molecule has 2 bridgehead atoms. The minimum Gasteiger partial charge on any atom is -0.496 e. The maximum absolute atomic E-state index is 5.77. The van der Waals surface area contributed by atoms with Crippen LogP contribution in [0.25, 0.3) is 0 Å². The number of aryl methyl sites for hydroxylation is 1. The highest BCUT2D eigenvalue weighted by Gasteiger charge is 2.44. The molecule has 1 aromatic carbocycles. The zero-order valence-electron chi connectivity index (χ0n) is 13.5. The van der Waals surface area contributed by atoms with E-state index in [1.807, 2.05) is 0 Å². The van der Waals surface area contributed by atoms with Gasteiger partial charge in [-0.1, -0.05) is 22.4 Å². The van der Waals surface area contributed by atoms with E-state index in [2.05, 4.69) is 48.2 Å². The molecule has 3 rings (SSSR count). The van der Waals surface area contributed by atoms with Crippen LogP contribution < -0.4 is 10.1 Å². The predicted molar refractivity (Wildman–Crippen MR) is 90.9 cm³/mol. The summed E-state index contributed by atoms with van der Waals surface area (Å²) in [6.45, 7) is 4.35. The molecule has 2 nitrogen and oxygen atoms in total. The minimum atomic E-state index is 0.409. The van der Waals surface area contributed by atoms with Gasteiger partial charge in [0, 0.05) is 16.1 Å². The molecule has 2 fully saturated rings. The van der Waals surface area contributed by atoms with Crippen molar-refractivity contribution in [2.45, 2.75) is 45.6 Å². The van der Waals surface area contributed by atoms with Crippen molar-refractivity contribution >= 4 is 15.9 Å². The SMILES string of the molecule is CNC(c1c(C)c(Br)cc(C)c1OC)C1CC2CCC1C2. The second-order valence-electron chi connectivity index (χ2n) is 6.85. The van der Waals surface area contributed by atoms with Crippen molar-refractivity contribution in [1.82, 2.24) is 5.32 Å². The van der Waals surface area contributed by atoms with E-state index in [4.69, 9.17) is 4.74 Å². The fourth-order valence-electron chi connectivity index (χ4n) is 4.80. The van der Waals surface area contributed by atoms with Crippen LogP contribution in [0, 0.1) is 31.6 Å². The van der Waals surface area contributed by atoms with Crippen LogP contribution in [0.3, 0.4) is 0 Å². The van der Waals surface area contributed by atoms with Crippen molar-refractivity contribution in [3.63, 3.8) is 0 Å². The van der Waals surface area contributed by atoms with Crippen LogP contribution in [0.4, 0.5) is 0 Å². The summed E-state index contributed by atoms with van der Waals surface area (Å²) in [5.74, 6) is 3.69. The molecule has 0 aromatic heterocycles. The first-order valence-electron chi connectivity index (χ1n) is 8.07. The zero-order valence-corrected chi connectivity index (χ0v) is 15.1. The number of rotatable bonds is 4. The first kappa shape index (κ1) is 15.4. The van der Waals surface area contributed by atoms with Gasteiger partial charge in [0.2, 0.25) is 0 Å². The van der Waals surface area contributed by atoms with Gasteiger partial charge in [-0.2, -0.15) is 0 Å². The van der Waals surface area contributed by atoms with Crippen molar-refractivity contribution in [1.29, 1.82) is 0 Å². The quantitative estimate of drug-likeness (QED) is 0.843. The Morgan fingerprint density at radius 2 is 2.05 bits per heavy atom. The molecule has 0 amide bonds. The Morgan fingerprint density at radius 1 is 1.29 bits per heavy atom. The first-order chi connectivity index (χ1) is 10.1. The maximum atomic E-state index is 5.77. The monoisotopic (exact) mass is 351 g/mol. The fraction of sp³-hybridized carbons (Fsp3) is 0.667. The summed E-state index contributed by atoms with van der Waals surface area (Å²) in [4.78, 5) is 0. The molecule has 2 saturated carbocycles. The van der Waals surface area contributed by atoms with E-state index >= 15 is 0 Å². The highest BCUT2D eigenvalue weighted by Crippen LogP contribution is 2.54. The molecule has 2 aliphatic rings. The third-order valence-electron chi connectivity index (χ3n) is 5.76. The van der Waals surface area contributed by atoms with E-state index in [-0.39, 0.29) is 0 Å². The number of hydrogen-bond donors (Lipinski definition) is 1. The van der Waals surface area contributed by atoms with E-state index in [1.165, 1.54) is 46.8 Å². The summed E-state index contributed by atoms with van der Waals surface area (Å²) in [5.41, 5.74) is 3.90.